The van der Waals surface area contributed by atoms with Crippen LogP contribution in [0.25, 0.3) is 10.9 Å². The SMILES string of the molecule is COCCn1c(SCC(=O)c2ccc(F)cc2)nc2ccccc2c1=O. The van der Waals surface area contributed by atoms with E-state index in [-0.39, 0.29) is 22.9 Å². The summed E-state index contributed by atoms with van der Waals surface area (Å²) in [6.07, 6.45) is 0. The molecule has 0 aliphatic rings. The number of fused-ring (bicyclic) bond motifs is 1. The average Bonchev–Trinajstić information content (AvgIpc) is 2.66. The van der Waals surface area contributed by atoms with Crippen molar-refractivity contribution in [1.82, 2.24) is 9.55 Å². The summed E-state index contributed by atoms with van der Waals surface area (Å²) in [5.74, 6) is -0.446. The van der Waals surface area contributed by atoms with Crippen LogP contribution in [0.3, 0.4) is 0 Å². The number of nitrogens with zero attached hydrogens (tertiary/aromatic N) is 2. The lowest BCUT2D eigenvalue weighted by Gasteiger charge is -2.12. The number of ether oxygens (including phenoxy) is 1. The van der Waals surface area contributed by atoms with Crippen molar-refractivity contribution >= 4 is 28.4 Å². The van der Waals surface area contributed by atoms with Crippen LogP contribution in [0.5, 0.6) is 0 Å². The first-order valence-electron chi connectivity index (χ1n) is 8.00. The number of benzene rings is 2. The topological polar surface area (TPSA) is 61.2 Å². The van der Waals surface area contributed by atoms with Crippen LogP contribution in [-0.4, -0.2) is 34.8 Å². The maximum Gasteiger partial charge on any atom is 0.262 e. The van der Waals surface area contributed by atoms with Crippen molar-refractivity contribution in [2.45, 2.75) is 11.7 Å². The molecule has 0 fully saturated rings. The fraction of sp³-hybridized carbons (Fsp3) is 0.211. The molecule has 0 N–H and O–H groups in total. The Kier molecular flexibility index (Phi) is 5.80. The van der Waals surface area contributed by atoms with Crippen molar-refractivity contribution in [3.63, 3.8) is 0 Å². The second kappa shape index (κ2) is 8.25. The van der Waals surface area contributed by atoms with Gasteiger partial charge in [0.05, 0.1) is 29.8 Å². The minimum absolute atomic E-state index is 0.101. The molecular weight excluding hydrogens is 355 g/mol. The molecule has 5 nitrogen and oxygen atoms in total. The molecule has 0 aliphatic carbocycles. The van der Waals surface area contributed by atoms with E-state index in [9.17, 15) is 14.0 Å². The summed E-state index contributed by atoms with van der Waals surface area (Å²) in [5.41, 5.74) is 0.845. The smallest absolute Gasteiger partial charge is 0.262 e. The Bertz CT molecular complexity index is 986. The summed E-state index contributed by atoms with van der Waals surface area (Å²) in [4.78, 5) is 29.6. The summed E-state index contributed by atoms with van der Waals surface area (Å²) in [6.45, 7) is 0.708. The number of rotatable bonds is 7. The van der Waals surface area contributed by atoms with Gasteiger partial charge in [0.15, 0.2) is 10.9 Å². The number of para-hydroxylation sites is 1. The molecule has 7 heteroatoms. The van der Waals surface area contributed by atoms with Gasteiger partial charge in [0, 0.05) is 12.7 Å². The van der Waals surface area contributed by atoms with E-state index in [0.29, 0.717) is 34.8 Å². The normalized spacial score (nSPS) is 11.0. The van der Waals surface area contributed by atoms with Crippen LogP contribution in [0, 0.1) is 5.82 Å². The van der Waals surface area contributed by atoms with Crippen molar-refractivity contribution < 1.29 is 13.9 Å². The van der Waals surface area contributed by atoms with Crippen LogP contribution in [0.2, 0.25) is 0 Å². The minimum atomic E-state index is -0.390. The molecule has 0 radical (unpaired) electrons. The third kappa shape index (κ3) is 4.00. The van der Waals surface area contributed by atoms with Gasteiger partial charge >= 0.3 is 0 Å². The molecule has 26 heavy (non-hydrogen) atoms. The molecule has 0 aliphatic heterocycles. The van der Waals surface area contributed by atoms with Gasteiger partial charge in [-0.25, -0.2) is 9.37 Å². The molecular formula is C19H17FN2O3S. The highest BCUT2D eigenvalue weighted by atomic mass is 32.2. The van der Waals surface area contributed by atoms with Gasteiger partial charge in [-0.3, -0.25) is 14.2 Å². The van der Waals surface area contributed by atoms with Crippen molar-refractivity contribution in [1.29, 1.82) is 0 Å². The summed E-state index contributed by atoms with van der Waals surface area (Å²) in [5, 5.41) is 0.985. The highest BCUT2D eigenvalue weighted by Crippen LogP contribution is 2.19. The number of halogens is 1. The predicted molar refractivity (Wildman–Crippen MR) is 99.3 cm³/mol. The number of methoxy groups -OCH3 is 1. The summed E-state index contributed by atoms with van der Waals surface area (Å²) in [6, 6.07) is 12.5. The van der Waals surface area contributed by atoms with Crippen LogP contribution in [0.4, 0.5) is 4.39 Å². The molecule has 134 valence electrons. The maximum atomic E-state index is 13.0. The lowest BCUT2D eigenvalue weighted by atomic mass is 10.1. The van der Waals surface area contributed by atoms with Gasteiger partial charge in [0.25, 0.3) is 5.56 Å². The first-order chi connectivity index (χ1) is 12.6. The Morgan fingerprint density at radius 3 is 2.65 bits per heavy atom. The number of ketones is 1. The van der Waals surface area contributed by atoms with Gasteiger partial charge in [-0.05, 0) is 36.4 Å². The zero-order valence-electron chi connectivity index (χ0n) is 14.1. The first kappa shape index (κ1) is 18.3. The predicted octanol–water partition coefficient (Wildman–Crippen LogP) is 3.16. The van der Waals surface area contributed by atoms with Crippen molar-refractivity contribution in [3.8, 4) is 0 Å². The van der Waals surface area contributed by atoms with E-state index in [1.54, 1.807) is 25.3 Å². The van der Waals surface area contributed by atoms with Gasteiger partial charge in [-0.1, -0.05) is 23.9 Å². The number of carbonyl (C=O) groups excluding carboxylic acids is 1. The van der Waals surface area contributed by atoms with E-state index in [1.165, 1.54) is 40.6 Å². The molecule has 0 bridgehead atoms. The highest BCUT2D eigenvalue weighted by Gasteiger charge is 2.14. The number of hydrogen-bond acceptors (Lipinski definition) is 5. The zero-order chi connectivity index (χ0) is 18.5. The van der Waals surface area contributed by atoms with E-state index in [0.717, 1.165) is 0 Å². The second-order valence-corrected chi connectivity index (χ2v) is 6.52. The Balaban J connectivity index is 1.89. The van der Waals surface area contributed by atoms with Gasteiger partial charge in [0.2, 0.25) is 0 Å². The van der Waals surface area contributed by atoms with E-state index in [1.807, 2.05) is 6.07 Å². The average molecular weight is 372 g/mol. The third-order valence-electron chi connectivity index (χ3n) is 3.84. The van der Waals surface area contributed by atoms with Crippen LogP contribution in [-0.2, 0) is 11.3 Å². The molecule has 2 aromatic carbocycles. The fourth-order valence-corrected chi connectivity index (χ4v) is 3.41. The number of thioether (sulfide) groups is 1. The van der Waals surface area contributed by atoms with E-state index in [4.69, 9.17) is 4.74 Å². The number of hydrogen-bond donors (Lipinski definition) is 0. The van der Waals surface area contributed by atoms with Crippen molar-refractivity contribution in [2.24, 2.45) is 0 Å². The summed E-state index contributed by atoms with van der Waals surface area (Å²) >= 11 is 1.19. The largest absolute Gasteiger partial charge is 0.383 e. The van der Waals surface area contributed by atoms with Crippen LogP contribution in [0.15, 0.2) is 58.5 Å². The number of carbonyl (C=O) groups is 1. The number of aromatic nitrogens is 2. The maximum absolute atomic E-state index is 13.0. The monoisotopic (exact) mass is 372 g/mol. The van der Waals surface area contributed by atoms with Crippen LogP contribution < -0.4 is 5.56 Å². The van der Waals surface area contributed by atoms with E-state index in [2.05, 4.69) is 4.98 Å². The lowest BCUT2D eigenvalue weighted by molar-refractivity contribution is 0.102. The van der Waals surface area contributed by atoms with E-state index >= 15 is 0 Å². The third-order valence-corrected chi connectivity index (χ3v) is 4.82. The van der Waals surface area contributed by atoms with Crippen LogP contribution in [0.1, 0.15) is 10.4 Å². The zero-order valence-corrected chi connectivity index (χ0v) is 15.0. The highest BCUT2D eigenvalue weighted by molar-refractivity contribution is 7.99. The molecule has 3 aromatic rings. The molecule has 0 amide bonds. The molecule has 1 aromatic heterocycles. The molecule has 0 saturated heterocycles. The Hall–Kier alpha value is -2.51. The Morgan fingerprint density at radius 2 is 1.92 bits per heavy atom. The molecule has 0 unspecified atom stereocenters. The number of Topliss-reactive ketones (excluding diaryl/α,β-unsaturated/α-hetero) is 1. The van der Waals surface area contributed by atoms with E-state index < -0.39 is 0 Å². The second-order valence-electron chi connectivity index (χ2n) is 5.58. The first-order valence-corrected chi connectivity index (χ1v) is 8.99. The minimum Gasteiger partial charge on any atom is -0.383 e. The summed E-state index contributed by atoms with van der Waals surface area (Å²) < 4.78 is 19.6. The van der Waals surface area contributed by atoms with Crippen molar-refractivity contribution in [3.05, 3.63) is 70.3 Å². The van der Waals surface area contributed by atoms with Gasteiger partial charge < -0.3 is 4.74 Å². The Labute approximate surface area is 153 Å². The van der Waals surface area contributed by atoms with Gasteiger partial charge in [-0.2, -0.15) is 0 Å². The quantitative estimate of drug-likeness (QED) is 0.362. The van der Waals surface area contributed by atoms with Gasteiger partial charge in [-0.15, -0.1) is 0 Å². The molecule has 1 heterocycles. The fourth-order valence-electron chi connectivity index (χ4n) is 2.49. The molecule has 0 atom stereocenters. The molecule has 3 rings (SSSR count). The van der Waals surface area contributed by atoms with Gasteiger partial charge in [0.1, 0.15) is 5.82 Å². The lowest BCUT2D eigenvalue weighted by Crippen LogP contribution is -2.25. The summed E-state index contributed by atoms with van der Waals surface area (Å²) in [7, 11) is 1.56. The standard InChI is InChI=1S/C19H17FN2O3S/c1-25-11-10-22-18(24)15-4-2-3-5-16(15)21-19(22)26-12-17(23)13-6-8-14(20)9-7-13/h2-9H,10-12H2,1H3. The van der Waals surface area contributed by atoms with Crippen LogP contribution >= 0.6 is 11.8 Å². The molecule has 0 spiro atoms. The molecule has 0 saturated carbocycles. The van der Waals surface area contributed by atoms with Crippen molar-refractivity contribution in [2.75, 3.05) is 19.5 Å². The Morgan fingerprint density at radius 1 is 1.19 bits per heavy atom.